The van der Waals surface area contributed by atoms with Gasteiger partial charge < -0.3 is 10.4 Å². The smallest absolute Gasteiger partial charge is 0.325 e. The molecule has 8 heteroatoms. The first-order chi connectivity index (χ1) is 16.2. The minimum absolute atomic E-state index is 0.0601. The molecule has 0 radical (unpaired) electrons. The standard InChI is InChI=1S/C26H31ClFN3O3/c1-17(2)15-31-24(33)26(29-25(31)34,14-18-4-3-5-21(28)12-18)20-8-10-30(11-9-20)16-19-6-7-23(32)22(27)13-19/h3-7,12-13,17,20,32H,8-11,14-16H2,1-2H3,(H,29,34)/t26-/m0/s1. The van der Waals surface area contributed by atoms with E-state index in [0.717, 1.165) is 31.5 Å². The first-order valence-corrected chi connectivity index (χ1v) is 12.1. The highest BCUT2D eigenvalue weighted by Gasteiger charge is 2.55. The summed E-state index contributed by atoms with van der Waals surface area (Å²) in [6.45, 7) is 6.49. The lowest BCUT2D eigenvalue weighted by Gasteiger charge is -2.41. The molecule has 0 saturated carbocycles. The molecule has 1 atom stereocenters. The van der Waals surface area contributed by atoms with Crippen LogP contribution in [0.1, 0.15) is 37.8 Å². The van der Waals surface area contributed by atoms with Crippen molar-refractivity contribution in [3.05, 3.63) is 64.4 Å². The lowest BCUT2D eigenvalue weighted by Crippen LogP contribution is -2.57. The van der Waals surface area contributed by atoms with Crippen LogP contribution in [-0.4, -0.2) is 52.0 Å². The van der Waals surface area contributed by atoms with E-state index in [4.69, 9.17) is 11.6 Å². The lowest BCUT2D eigenvalue weighted by atomic mass is 9.73. The summed E-state index contributed by atoms with van der Waals surface area (Å²) in [6.07, 6.45) is 1.72. The van der Waals surface area contributed by atoms with Crippen LogP contribution < -0.4 is 5.32 Å². The molecular formula is C26H31ClFN3O3. The van der Waals surface area contributed by atoms with Gasteiger partial charge in [-0.15, -0.1) is 0 Å². The molecule has 2 fully saturated rings. The molecule has 182 valence electrons. The highest BCUT2D eigenvalue weighted by atomic mass is 35.5. The van der Waals surface area contributed by atoms with Gasteiger partial charge in [-0.05, 0) is 73.2 Å². The van der Waals surface area contributed by atoms with Crippen molar-refractivity contribution in [3.63, 3.8) is 0 Å². The molecule has 0 unspecified atom stereocenters. The average molecular weight is 488 g/mol. The Kier molecular flexibility index (Phi) is 7.14. The molecule has 3 amide bonds. The number of hydrogen-bond donors (Lipinski definition) is 2. The number of rotatable bonds is 7. The van der Waals surface area contributed by atoms with Crippen LogP contribution in [0.5, 0.6) is 5.75 Å². The van der Waals surface area contributed by atoms with Crippen LogP contribution in [0.25, 0.3) is 0 Å². The second-order valence-corrected chi connectivity index (χ2v) is 10.3. The van der Waals surface area contributed by atoms with Crippen molar-refractivity contribution in [3.8, 4) is 5.75 Å². The zero-order chi connectivity index (χ0) is 24.5. The summed E-state index contributed by atoms with van der Waals surface area (Å²) in [4.78, 5) is 30.2. The SMILES string of the molecule is CC(C)CN1C(=O)N[C@@](Cc2cccc(F)c2)(C2CCN(Cc3ccc(O)c(Cl)c3)CC2)C1=O. The van der Waals surface area contributed by atoms with Gasteiger partial charge in [-0.2, -0.15) is 0 Å². The zero-order valence-electron chi connectivity index (χ0n) is 19.6. The number of carbonyl (C=O) groups excluding carboxylic acids is 2. The molecule has 34 heavy (non-hydrogen) atoms. The van der Waals surface area contributed by atoms with E-state index < -0.39 is 5.54 Å². The number of aromatic hydroxyl groups is 1. The number of benzene rings is 2. The Hall–Kier alpha value is -2.64. The van der Waals surface area contributed by atoms with E-state index in [2.05, 4.69) is 10.2 Å². The maximum Gasteiger partial charge on any atom is 0.325 e. The van der Waals surface area contributed by atoms with Gasteiger partial charge in [-0.3, -0.25) is 14.6 Å². The van der Waals surface area contributed by atoms with Gasteiger partial charge in [0.25, 0.3) is 5.91 Å². The molecule has 0 bridgehead atoms. The molecule has 4 rings (SSSR count). The molecule has 2 aliphatic heterocycles. The molecule has 2 saturated heterocycles. The maximum absolute atomic E-state index is 13.9. The molecule has 6 nitrogen and oxygen atoms in total. The number of phenolic OH excluding ortho intramolecular Hbond substituents is 1. The molecule has 0 spiro atoms. The fourth-order valence-corrected chi connectivity index (χ4v) is 5.38. The first-order valence-electron chi connectivity index (χ1n) is 11.8. The van der Waals surface area contributed by atoms with Crippen molar-refractivity contribution >= 4 is 23.5 Å². The third-order valence-electron chi connectivity index (χ3n) is 6.82. The van der Waals surface area contributed by atoms with Crippen LogP contribution in [0.2, 0.25) is 5.02 Å². The highest BCUT2D eigenvalue weighted by Crippen LogP contribution is 2.37. The van der Waals surface area contributed by atoms with Crippen LogP contribution in [0.4, 0.5) is 9.18 Å². The average Bonchev–Trinajstić information content (AvgIpc) is 3.01. The number of piperidine rings is 1. The molecule has 0 aromatic heterocycles. The van der Waals surface area contributed by atoms with Gasteiger partial charge in [0, 0.05) is 19.5 Å². The fraction of sp³-hybridized carbons (Fsp3) is 0.462. The van der Waals surface area contributed by atoms with Gasteiger partial charge in [0.1, 0.15) is 17.1 Å². The molecule has 2 aromatic rings. The fourth-order valence-electron chi connectivity index (χ4n) is 5.18. The quantitative estimate of drug-likeness (QED) is 0.560. The number of urea groups is 1. The number of nitrogens with one attached hydrogen (secondary N) is 1. The predicted molar refractivity (Wildman–Crippen MR) is 129 cm³/mol. The summed E-state index contributed by atoms with van der Waals surface area (Å²) in [5.41, 5.74) is 0.624. The minimum atomic E-state index is -1.08. The maximum atomic E-state index is 13.9. The van der Waals surface area contributed by atoms with E-state index in [1.807, 2.05) is 19.9 Å². The Labute approximate surface area is 204 Å². The van der Waals surface area contributed by atoms with Crippen molar-refractivity contribution in [2.75, 3.05) is 19.6 Å². The van der Waals surface area contributed by atoms with Crippen LogP contribution in [0, 0.1) is 17.7 Å². The van der Waals surface area contributed by atoms with Crippen molar-refractivity contribution < 1.29 is 19.1 Å². The number of halogens is 2. The number of phenols is 1. The van der Waals surface area contributed by atoms with Gasteiger partial charge in [0.2, 0.25) is 0 Å². The highest BCUT2D eigenvalue weighted by molar-refractivity contribution is 6.32. The predicted octanol–water partition coefficient (Wildman–Crippen LogP) is 4.59. The van der Waals surface area contributed by atoms with E-state index in [0.29, 0.717) is 23.7 Å². The third kappa shape index (κ3) is 5.05. The Morgan fingerprint density at radius 3 is 2.53 bits per heavy atom. The number of likely N-dealkylation sites (tertiary alicyclic amines) is 1. The number of carbonyl (C=O) groups is 2. The van der Waals surface area contributed by atoms with E-state index in [-0.39, 0.29) is 41.8 Å². The summed E-state index contributed by atoms with van der Waals surface area (Å²) in [7, 11) is 0. The Bertz CT molecular complexity index is 1070. The second-order valence-electron chi connectivity index (χ2n) is 9.85. The number of imide groups is 1. The summed E-state index contributed by atoms with van der Waals surface area (Å²) in [6, 6.07) is 11.1. The van der Waals surface area contributed by atoms with Crippen LogP contribution in [0.15, 0.2) is 42.5 Å². The summed E-state index contributed by atoms with van der Waals surface area (Å²) >= 11 is 6.05. The van der Waals surface area contributed by atoms with E-state index in [9.17, 15) is 19.1 Å². The van der Waals surface area contributed by atoms with Crippen LogP contribution in [-0.2, 0) is 17.8 Å². The summed E-state index contributed by atoms with van der Waals surface area (Å²) < 4.78 is 13.9. The summed E-state index contributed by atoms with van der Waals surface area (Å²) in [5.74, 6) is -0.419. The number of nitrogens with zero attached hydrogens (tertiary/aromatic N) is 2. The zero-order valence-corrected chi connectivity index (χ0v) is 20.3. The monoisotopic (exact) mass is 487 g/mol. The van der Waals surface area contributed by atoms with Gasteiger partial charge in [0.05, 0.1) is 5.02 Å². The van der Waals surface area contributed by atoms with Gasteiger partial charge in [-0.1, -0.05) is 43.6 Å². The van der Waals surface area contributed by atoms with Crippen molar-refractivity contribution in [1.82, 2.24) is 15.1 Å². The Balaban J connectivity index is 1.53. The Morgan fingerprint density at radius 1 is 1.15 bits per heavy atom. The first kappa shape index (κ1) is 24.5. The third-order valence-corrected chi connectivity index (χ3v) is 7.13. The largest absolute Gasteiger partial charge is 0.506 e. The van der Waals surface area contributed by atoms with Gasteiger partial charge >= 0.3 is 6.03 Å². The minimum Gasteiger partial charge on any atom is -0.506 e. The molecular weight excluding hydrogens is 457 g/mol. The molecule has 0 aliphatic carbocycles. The molecule has 2 N–H and O–H groups in total. The molecule has 2 aliphatic rings. The van der Waals surface area contributed by atoms with Crippen molar-refractivity contribution in [1.29, 1.82) is 0 Å². The van der Waals surface area contributed by atoms with Gasteiger partial charge in [0.15, 0.2) is 0 Å². The molecule has 2 heterocycles. The van der Waals surface area contributed by atoms with Crippen LogP contribution in [0.3, 0.4) is 0 Å². The van der Waals surface area contributed by atoms with Crippen LogP contribution >= 0.6 is 11.6 Å². The van der Waals surface area contributed by atoms with Crippen molar-refractivity contribution in [2.45, 2.75) is 45.2 Å². The number of amides is 3. The number of hydrogen-bond acceptors (Lipinski definition) is 4. The van der Waals surface area contributed by atoms with Gasteiger partial charge in [-0.25, -0.2) is 9.18 Å². The van der Waals surface area contributed by atoms with E-state index in [1.165, 1.54) is 17.0 Å². The molecule has 2 aromatic carbocycles. The topological polar surface area (TPSA) is 72.9 Å². The lowest BCUT2D eigenvalue weighted by molar-refractivity contribution is -0.134. The van der Waals surface area contributed by atoms with Crippen molar-refractivity contribution in [2.24, 2.45) is 11.8 Å². The van der Waals surface area contributed by atoms with E-state index in [1.54, 1.807) is 24.3 Å². The normalized spacial score (nSPS) is 22.0. The second kappa shape index (κ2) is 9.92. The summed E-state index contributed by atoms with van der Waals surface area (Å²) in [5, 5.41) is 13.0. The Morgan fingerprint density at radius 2 is 1.88 bits per heavy atom. The van der Waals surface area contributed by atoms with E-state index >= 15 is 0 Å².